The molecule has 1 aliphatic heterocycles. The van der Waals surface area contributed by atoms with Crippen LogP contribution in [-0.4, -0.2) is 42.2 Å². The molecule has 2 bridgehead atoms. The number of ether oxygens (including phenoxy) is 1. The number of carbonyl (C=O) groups is 1. The minimum Gasteiger partial charge on any atom is -0.477 e. The van der Waals surface area contributed by atoms with Crippen LogP contribution in [0.1, 0.15) is 36.2 Å². The van der Waals surface area contributed by atoms with E-state index in [9.17, 15) is 4.79 Å². The van der Waals surface area contributed by atoms with Gasteiger partial charge in [0.2, 0.25) is 5.88 Å². The Morgan fingerprint density at radius 2 is 2.03 bits per heavy atom. The molecule has 9 nitrogen and oxygen atoms in total. The molecule has 0 radical (unpaired) electrons. The van der Waals surface area contributed by atoms with Gasteiger partial charge in [0.25, 0.3) is 5.91 Å². The summed E-state index contributed by atoms with van der Waals surface area (Å²) in [6.45, 7) is 2.55. The van der Waals surface area contributed by atoms with Crippen molar-refractivity contribution in [2.45, 2.75) is 25.8 Å². The highest BCUT2D eigenvalue weighted by Crippen LogP contribution is 2.27. The second-order valence-electron chi connectivity index (χ2n) is 7.58. The first kappa shape index (κ1) is 19.8. The summed E-state index contributed by atoms with van der Waals surface area (Å²) in [5.41, 5.74) is 2.70. The van der Waals surface area contributed by atoms with Crippen molar-refractivity contribution in [3.63, 3.8) is 0 Å². The number of amides is 1. The van der Waals surface area contributed by atoms with E-state index >= 15 is 0 Å². The van der Waals surface area contributed by atoms with Crippen molar-refractivity contribution in [2.75, 3.05) is 11.9 Å². The molecule has 9 heteroatoms. The molecule has 4 aromatic rings. The number of nitrogens with zero attached hydrogens (tertiary/aromatic N) is 6. The molecule has 0 spiro atoms. The molecule has 160 valence electrons. The highest BCUT2D eigenvalue weighted by molar-refractivity contribution is 6.06. The van der Waals surface area contributed by atoms with E-state index in [1.54, 1.807) is 37.1 Å². The number of aromatic nitrogens is 6. The number of pyridine rings is 3. The van der Waals surface area contributed by atoms with Crippen molar-refractivity contribution in [1.82, 2.24) is 29.7 Å². The molecule has 32 heavy (non-hydrogen) atoms. The lowest BCUT2D eigenvalue weighted by Crippen LogP contribution is -2.17. The number of hydrogen-bond acceptors (Lipinski definition) is 7. The summed E-state index contributed by atoms with van der Waals surface area (Å²) in [7, 11) is 0. The van der Waals surface area contributed by atoms with E-state index in [0.717, 1.165) is 24.0 Å². The van der Waals surface area contributed by atoms with Gasteiger partial charge in [-0.2, -0.15) is 0 Å². The van der Waals surface area contributed by atoms with Crippen LogP contribution >= 0.6 is 0 Å². The van der Waals surface area contributed by atoms with Gasteiger partial charge >= 0.3 is 0 Å². The summed E-state index contributed by atoms with van der Waals surface area (Å²) in [4.78, 5) is 26.3. The smallest absolute Gasteiger partial charge is 0.262 e. The van der Waals surface area contributed by atoms with Crippen LogP contribution in [0.3, 0.4) is 0 Å². The molecule has 0 fully saturated rings. The van der Waals surface area contributed by atoms with Crippen LogP contribution in [0, 0.1) is 0 Å². The summed E-state index contributed by atoms with van der Waals surface area (Å²) in [5.74, 6) is 1.02. The molecular formula is C23H21N7O2. The molecular weight excluding hydrogens is 406 g/mol. The first-order chi connectivity index (χ1) is 15.7. The Balaban J connectivity index is 1.55. The first-order valence-electron chi connectivity index (χ1n) is 10.4. The van der Waals surface area contributed by atoms with E-state index in [4.69, 9.17) is 4.74 Å². The fraction of sp³-hybridized carbons (Fsp3) is 0.217. The van der Waals surface area contributed by atoms with Crippen molar-refractivity contribution in [1.29, 1.82) is 0 Å². The number of carbonyl (C=O) groups excluding carboxylic acids is 1. The van der Waals surface area contributed by atoms with Crippen molar-refractivity contribution >= 4 is 11.7 Å². The lowest BCUT2D eigenvalue weighted by atomic mass is 10.1. The Labute approximate surface area is 184 Å². The third-order valence-corrected chi connectivity index (χ3v) is 5.38. The highest BCUT2D eigenvalue weighted by atomic mass is 16.5. The minimum atomic E-state index is -0.347. The van der Waals surface area contributed by atoms with Crippen LogP contribution in [0.5, 0.6) is 5.88 Å². The van der Waals surface area contributed by atoms with Gasteiger partial charge in [0, 0.05) is 30.2 Å². The first-order valence-corrected chi connectivity index (χ1v) is 10.4. The molecule has 0 aromatic carbocycles. The lowest BCUT2D eigenvalue weighted by molar-refractivity contribution is 0.102. The van der Waals surface area contributed by atoms with Gasteiger partial charge in [-0.05, 0) is 55.7 Å². The molecule has 1 amide bonds. The van der Waals surface area contributed by atoms with Crippen LogP contribution in [0.4, 0.5) is 5.82 Å². The van der Waals surface area contributed by atoms with Gasteiger partial charge < -0.3 is 14.6 Å². The average molecular weight is 427 g/mol. The summed E-state index contributed by atoms with van der Waals surface area (Å²) in [6, 6.07) is 11.1. The third-order valence-electron chi connectivity index (χ3n) is 5.38. The molecule has 0 saturated carbocycles. The molecule has 1 aliphatic rings. The molecule has 1 N–H and O–H groups in total. The molecule has 5 heterocycles. The molecule has 0 unspecified atom stereocenters. The summed E-state index contributed by atoms with van der Waals surface area (Å²) in [6.07, 6.45) is 8.44. The van der Waals surface area contributed by atoms with E-state index in [2.05, 4.69) is 37.4 Å². The zero-order chi connectivity index (χ0) is 21.9. The Hall–Kier alpha value is -4.14. The van der Waals surface area contributed by atoms with E-state index in [-0.39, 0.29) is 11.9 Å². The molecule has 4 aromatic heterocycles. The van der Waals surface area contributed by atoms with Crippen LogP contribution in [0.2, 0.25) is 0 Å². The zero-order valence-electron chi connectivity index (χ0n) is 17.5. The maximum absolute atomic E-state index is 13.2. The highest BCUT2D eigenvalue weighted by Gasteiger charge is 2.19. The Kier molecular flexibility index (Phi) is 5.29. The maximum atomic E-state index is 13.2. The quantitative estimate of drug-likeness (QED) is 0.492. The maximum Gasteiger partial charge on any atom is 0.262 e. The van der Waals surface area contributed by atoms with Gasteiger partial charge in [0.05, 0.1) is 6.61 Å². The van der Waals surface area contributed by atoms with Gasteiger partial charge in [0.1, 0.15) is 23.4 Å². The monoisotopic (exact) mass is 427 g/mol. The number of fused-ring (bicyclic) bond motifs is 5. The Bertz CT molecular complexity index is 1260. The number of rotatable bonds is 1. The molecule has 5 rings (SSSR count). The van der Waals surface area contributed by atoms with Crippen molar-refractivity contribution in [3.05, 3.63) is 66.9 Å². The van der Waals surface area contributed by atoms with Gasteiger partial charge in [-0.15, -0.1) is 10.2 Å². The Morgan fingerprint density at radius 3 is 2.91 bits per heavy atom. The van der Waals surface area contributed by atoms with Crippen LogP contribution in [-0.2, 0) is 0 Å². The fourth-order valence-electron chi connectivity index (χ4n) is 3.68. The Morgan fingerprint density at radius 1 is 1.16 bits per heavy atom. The third kappa shape index (κ3) is 3.92. The predicted octanol–water partition coefficient (Wildman–Crippen LogP) is 3.78. The average Bonchev–Trinajstić information content (AvgIpc) is 3.32. The standard InChI is InChI=1S/C23H21N7O2/c1-15-4-3-11-32-23-18(12-17(13-25-23)16-7-9-24-10-8-16)22(31)28-20-6-2-5-19(27-20)21-29-26-14-30(15)21/h2,5-10,12-15H,3-4,11H2,1H3,(H,27,28,31)/t15-/m0/s1. The number of hydrogen-bond donors (Lipinski definition) is 1. The SMILES string of the molecule is C[C@H]1CCCOc2ncc(-c3ccncc3)cc2C(=O)Nc2cccc(n2)-c2nncn21. The second kappa shape index (κ2) is 8.54. The van der Waals surface area contributed by atoms with Crippen LogP contribution in [0.25, 0.3) is 22.6 Å². The normalized spacial score (nSPS) is 16.2. The largest absolute Gasteiger partial charge is 0.477 e. The summed E-state index contributed by atoms with van der Waals surface area (Å²) in [5, 5.41) is 11.2. The van der Waals surface area contributed by atoms with Crippen molar-refractivity contribution < 1.29 is 9.53 Å². The van der Waals surface area contributed by atoms with E-state index in [0.29, 0.717) is 35.4 Å². The molecule has 0 aliphatic carbocycles. The van der Waals surface area contributed by atoms with Gasteiger partial charge in [0.15, 0.2) is 5.82 Å². The van der Waals surface area contributed by atoms with Gasteiger partial charge in [-0.25, -0.2) is 9.97 Å². The van der Waals surface area contributed by atoms with Crippen molar-refractivity contribution in [3.8, 4) is 28.5 Å². The number of anilines is 1. The van der Waals surface area contributed by atoms with E-state index in [1.165, 1.54) is 0 Å². The van der Waals surface area contributed by atoms with Gasteiger partial charge in [-0.3, -0.25) is 9.78 Å². The lowest BCUT2D eigenvalue weighted by Gasteiger charge is -2.17. The topological polar surface area (TPSA) is 108 Å². The predicted molar refractivity (Wildman–Crippen MR) is 118 cm³/mol. The summed E-state index contributed by atoms with van der Waals surface area (Å²) >= 11 is 0. The van der Waals surface area contributed by atoms with Gasteiger partial charge in [-0.1, -0.05) is 6.07 Å². The zero-order valence-corrected chi connectivity index (χ0v) is 17.5. The van der Waals surface area contributed by atoms with Crippen LogP contribution in [0.15, 0.2) is 61.3 Å². The molecule has 1 atom stereocenters. The minimum absolute atomic E-state index is 0.160. The van der Waals surface area contributed by atoms with Crippen molar-refractivity contribution in [2.24, 2.45) is 0 Å². The van der Waals surface area contributed by atoms with Crippen LogP contribution < -0.4 is 10.1 Å². The molecule has 0 saturated heterocycles. The van der Waals surface area contributed by atoms with E-state index in [1.807, 2.05) is 28.8 Å². The van der Waals surface area contributed by atoms with E-state index < -0.39 is 0 Å². The second-order valence-corrected chi connectivity index (χ2v) is 7.58. The summed E-state index contributed by atoms with van der Waals surface area (Å²) < 4.78 is 7.91. The number of nitrogens with one attached hydrogen (secondary N) is 1. The fourth-order valence-corrected chi connectivity index (χ4v) is 3.68.